The van der Waals surface area contributed by atoms with Gasteiger partial charge in [0.1, 0.15) is 11.6 Å². The maximum atomic E-state index is 15.0. The van der Waals surface area contributed by atoms with Crippen LogP contribution in [0.15, 0.2) is 72.4 Å². The second kappa shape index (κ2) is 10.2. The number of likely N-dealkylation sites (N-methyl/N-ethyl adjacent to an activating group) is 1. The van der Waals surface area contributed by atoms with Crippen LogP contribution in [0.2, 0.25) is 0 Å². The van der Waals surface area contributed by atoms with Crippen LogP contribution in [0.3, 0.4) is 0 Å². The average Bonchev–Trinajstić information content (AvgIpc) is 2.90. The monoisotopic (exact) mass is 500 g/mol. The third-order valence-corrected chi connectivity index (χ3v) is 6.14. The number of halogens is 1. The van der Waals surface area contributed by atoms with E-state index in [2.05, 4.69) is 44.1 Å². The number of hydrogen-bond acceptors (Lipinski definition) is 8. The topological polar surface area (TPSA) is 108 Å². The lowest BCUT2D eigenvalue weighted by atomic mass is 10.2. The van der Waals surface area contributed by atoms with Crippen LogP contribution >= 0.6 is 0 Å². The fraction of sp³-hybridized carbons (Fsp3) is 0.192. The van der Waals surface area contributed by atoms with E-state index in [0.29, 0.717) is 33.9 Å². The second-order valence-corrected chi connectivity index (χ2v) is 8.66. The van der Waals surface area contributed by atoms with Gasteiger partial charge in [-0.2, -0.15) is 4.98 Å². The van der Waals surface area contributed by atoms with Gasteiger partial charge < -0.3 is 25.0 Å². The van der Waals surface area contributed by atoms with E-state index < -0.39 is 5.91 Å². The van der Waals surface area contributed by atoms with Crippen molar-refractivity contribution in [3.05, 3.63) is 83.7 Å². The lowest BCUT2D eigenvalue weighted by Crippen LogP contribution is -2.44. The van der Waals surface area contributed by atoms with Gasteiger partial charge in [0.2, 0.25) is 11.9 Å². The Kier molecular flexibility index (Phi) is 6.60. The van der Waals surface area contributed by atoms with E-state index in [1.165, 1.54) is 24.5 Å². The highest BCUT2D eigenvalue weighted by molar-refractivity contribution is 5.98. The zero-order chi connectivity index (χ0) is 25.9. The molecular weight excluding hydrogens is 475 g/mol. The number of carbonyl (C=O) groups is 1. The lowest BCUT2D eigenvalue weighted by molar-refractivity contribution is -0.111. The van der Waals surface area contributed by atoms with Crippen molar-refractivity contribution in [1.29, 1.82) is 0 Å². The molecule has 1 fully saturated rings. The first-order valence-electron chi connectivity index (χ1n) is 11.7. The Hall–Kier alpha value is -4.64. The molecular formula is C26H25FN8O2. The van der Waals surface area contributed by atoms with Crippen LogP contribution in [0.5, 0.6) is 0 Å². The predicted molar refractivity (Wildman–Crippen MR) is 141 cm³/mol. The number of fused-ring (bicyclic) bond motifs is 1. The summed E-state index contributed by atoms with van der Waals surface area (Å²) in [4.78, 5) is 41.3. The van der Waals surface area contributed by atoms with Crippen LogP contribution in [-0.2, 0) is 4.79 Å². The van der Waals surface area contributed by atoms with Gasteiger partial charge in [0.15, 0.2) is 11.1 Å². The maximum absolute atomic E-state index is 15.0. The van der Waals surface area contributed by atoms with Gasteiger partial charge in [-0.05, 0) is 37.4 Å². The number of aromatic nitrogens is 4. The largest absolute Gasteiger partial charge is 0.367 e. The molecule has 5 rings (SSSR count). The van der Waals surface area contributed by atoms with Crippen molar-refractivity contribution in [2.24, 2.45) is 0 Å². The molecule has 0 unspecified atom stereocenters. The Morgan fingerprint density at radius 3 is 2.68 bits per heavy atom. The van der Waals surface area contributed by atoms with Gasteiger partial charge in [-0.1, -0.05) is 6.58 Å². The number of carbonyl (C=O) groups excluding carboxylic acids is 1. The summed E-state index contributed by atoms with van der Waals surface area (Å²) in [6, 6.07) is 9.71. The van der Waals surface area contributed by atoms with Crippen molar-refractivity contribution >= 4 is 40.1 Å². The number of nitrogens with zero attached hydrogens (tertiary/aromatic N) is 6. The predicted octanol–water partition coefficient (Wildman–Crippen LogP) is 2.93. The van der Waals surface area contributed by atoms with Crippen molar-refractivity contribution in [1.82, 2.24) is 24.4 Å². The molecule has 11 heteroatoms. The minimum atomic E-state index is -0.394. The Bertz CT molecular complexity index is 1550. The van der Waals surface area contributed by atoms with Gasteiger partial charge in [0.05, 0.1) is 16.8 Å². The summed E-state index contributed by atoms with van der Waals surface area (Å²) in [5, 5.41) is 5.95. The molecule has 0 radical (unpaired) electrons. The number of amides is 1. The zero-order valence-corrected chi connectivity index (χ0v) is 20.2. The van der Waals surface area contributed by atoms with Gasteiger partial charge in [-0.3, -0.25) is 9.59 Å². The highest BCUT2D eigenvalue weighted by atomic mass is 19.1. The van der Waals surface area contributed by atoms with E-state index >= 15 is 0 Å². The summed E-state index contributed by atoms with van der Waals surface area (Å²) in [6.45, 7) is 6.73. The molecule has 1 aromatic carbocycles. The highest BCUT2D eigenvalue weighted by Gasteiger charge is 2.18. The first-order chi connectivity index (χ1) is 17.9. The van der Waals surface area contributed by atoms with Crippen LogP contribution in [0.1, 0.15) is 0 Å². The van der Waals surface area contributed by atoms with Crippen molar-refractivity contribution < 1.29 is 9.18 Å². The summed E-state index contributed by atoms with van der Waals surface area (Å²) in [7, 11) is 2.05. The zero-order valence-electron chi connectivity index (χ0n) is 20.2. The van der Waals surface area contributed by atoms with E-state index in [0.717, 1.165) is 32.3 Å². The number of anilines is 4. The van der Waals surface area contributed by atoms with E-state index in [1.807, 2.05) is 4.90 Å². The highest BCUT2D eigenvalue weighted by Crippen LogP contribution is 2.26. The third kappa shape index (κ3) is 5.16. The number of rotatable bonds is 6. The molecule has 1 amide bonds. The van der Waals surface area contributed by atoms with Crippen molar-refractivity contribution in [3.63, 3.8) is 0 Å². The van der Waals surface area contributed by atoms with E-state index in [1.54, 1.807) is 35.0 Å². The van der Waals surface area contributed by atoms with Crippen molar-refractivity contribution in [2.45, 2.75) is 0 Å². The molecule has 188 valence electrons. The molecule has 1 saturated heterocycles. The molecule has 4 heterocycles. The SMILES string of the molecule is C=CC(=O)Nc1cc(-n2ccc(=O)c3cnc(Nc4ccc(N5CCN(C)CC5)c(F)c4)nc32)ccn1. The molecule has 0 bridgehead atoms. The summed E-state index contributed by atoms with van der Waals surface area (Å²) in [5.41, 5.74) is 1.76. The summed E-state index contributed by atoms with van der Waals surface area (Å²) < 4.78 is 16.6. The normalized spacial score (nSPS) is 13.9. The molecule has 3 aromatic heterocycles. The molecule has 0 saturated carbocycles. The van der Waals surface area contributed by atoms with Gasteiger partial charge in [-0.15, -0.1) is 0 Å². The Labute approximate surface area is 212 Å². The smallest absolute Gasteiger partial charge is 0.248 e. The summed E-state index contributed by atoms with van der Waals surface area (Å²) in [6.07, 6.45) is 5.69. The Morgan fingerprint density at radius 2 is 1.92 bits per heavy atom. The van der Waals surface area contributed by atoms with Crippen molar-refractivity contribution in [2.75, 3.05) is 48.8 Å². The first-order valence-corrected chi connectivity index (χ1v) is 11.7. The molecule has 37 heavy (non-hydrogen) atoms. The minimum Gasteiger partial charge on any atom is -0.367 e. The third-order valence-electron chi connectivity index (χ3n) is 6.14. The van der Waals surface area contributed by atoms with Gasteiger partial charge in [0.25, 0.3) is 0 Å². The molecule has 1 aliphatic rings. The van der Waals surface area contributed by atoms with E-state index in [-0.39, 0.29) is 17.2 Å². The van der Waals surface area contributed by atoms with Gasteiger partial charge >= 0.3 is 0 Å². The second-order valence-electron chi connectivity index (χ2n) is 8.66. The van der Waals surface area contributed by atoms with E-state index in [4.69, 9.17) is 0 Å². The number of piperazine rings is 1. The Balaban J connectivity index is 1.45. The minimum absolute atomic E-state index is 0.202. The van der Waals surface area contributed by atoms with Crippen LogP contribution < -0.4 is 21.0 Å². The molecule has 4 aromatic rings. The summed E-state index contributed by atoms with van der Waals surface area (Å²) >= 11 is 0. The number of nitrogens with one attached hydrogen (secondary N) is 2. The molecule has 2 N–H and O–H groups in total. The number of benzene rings is 1. The fourth-order valence-corrected chi connectivity index (χ4v) is 4.13. The maximum Gasteiger partial charge on any atom is 0.248 e. The van der Waals surface area contributed by atoms with Crippen molar-refractivity contribution in [3.8, 4) is 5.69 Å². The standard InChI is InChI=1S/C26H25FN8O2/c1-3-24(37)31-23-15-18(6-8-28-23)35-9-7-22(36)19-16-29-26(32-25(19)35)30-17-4-5-21(20(27)14-17)34-12-10-33(2)11-13-34/h3-9,14-16H,1,10-13H2,2H3,(H,28,31,37)(H,29,30,32). The molecule has 0 spiro atoms. The average molecular weight is 501 g/mol. The fourth-order valence-electron chi connectivity index (χ4n) is 4.13. The van der Waals surface area contributed by atoms with Crippen LogP contribution in [0.4, 0.5) is 27.5 Å². The molecule has 0 atom stereocenters. The van der Waals surface area contributed by atoms with Gasteiger partial charge in [-0.25, -0.2) is 14.4 Å². The Morgan fingerprint density at radius 1 is 1.11 bits per heavy atom. The lowest BCUT2D eigenvalue weighted by Gasteiger charge is -2.34. The van der Waals surface area contributed by atoms with Crippen LogP contribution in [-0.4, -0.2) is 63.6 Å². The number of hydrogen-bond donors (Lipinski definition) is 2. The molecule has 10 nitrogen and oxygen atoms in total. The van der Waals surface area contributed by atoms with Gasteiger partial charge in [0, 0.05) is 62.6 Å². The first kappa shape index (κ1) is 24.1. The summed E-state index contributed by atoms with van der Waals surface area (Å²) in [5.74, 6) is -0.211. The molecule has 0 aliphatic carbocycles. The van der Waals surface area contributed by atoms with Crippen LogP contribution in [0, 0.1) is 5.82 Å². The van der Waals surface area contributed by atoms with E-state index in [9.17, 15) is 14.0 Å². The molecule has 1 aliphatic heterocycles. The van der Waals surface area contributed by atoms with Crippen LogP contribution in [0.25, 0.3) is 16.7 Å². The quantitative estimate of drug-likeness (QED) is 0.389. The number of pyridine rings is 2.